The van der Waals surface area contributed by atoms with E-state index in [0.29, 0.717) is 12.5 Å². The number of ether oxygens (including phenoxy) is 1. The highest BCUT2D eigenvalue weighted by Gasteiger charge is 2.39. The molecule has 0 aliphatic heterocycles. The number of hydrogen-bond acceptors (Lipinski definition) is 2. The number of carbonyl (C=O) groups is 1. The molecule has 0 N–H and O–H groups in total. The summed E-state index contributed by atoms with van der Waals surface area (Å²) in [7, 11) is 0. The predicted octanol–water partition coefficient (Wildman–Crippen LogP) is 5.54. The van der Waals surface area contributed by atoms with Gasteiger partial charge in [0.05, 0.1) is 5.92 Å². The van der Waals surface area contributed by atoms with Crippen molar-refractivity contribution in [3.63, 3.8) is 0 Å². The maximum absolute atomic E-state index is 12.8. The lowest BCUT2D eigenvalue weighted by Gasteiger charge is -2.35. The van der Waals surface area contributed by atoms with E-state index in [1.165, 1.54) is 27.8 Å². The average Bonchev–Trinajstić information content (AvgIpc) is 3.00. The number of hydrogen-bond donors (Lipinski definition) is 0. The molecule has 3 aromatic carbocycles. The Kier molecular flexibility index (Phi) is 4.05. The first kappa shape index (κ1) is 16.3. The van der Waals surface area contributed by atoms with Gasteiger partial charge >= 0.3 is 5.97 Å². The predicted molar refractivity (Wildman–Crippen MR) is 107 cm³/mol. The number of fused-ring (bicyclic) bond motifs is 3. The monoisotopic (exact) mass is 354 g/mol. The van der Waals surface area contributed by atoms with Gasteiger partial charge in [0.25, 0.3) is 0 Å². The summed E-state index contributed by atoms with van der Waals surface area (Å²) in [6.07, 6.45) is 2.00. The molecule has 0 spiro atoms. The normalized spacial score (nSPS) is 20.4. The molecule has 0 bridgehead atoms. The van der Waals surface area contributed by atoms with E-state index < -0.39 is 0 Å². The second kappa shape index (κ2) is 6.70. The molecule has 2 aliphatic carbocycles. The molecule has 2 atom stereocenters. The molecule has 1 saturated carbocycles. The van der Waals surface area contributed by atoms with Crippen LogP contribution < -0.4 is 0 Å². The largest absolute Gasteiger partial charge is 0.464 e. The summed E-state index contributed by atoms with van der Waals surface area (Å²) in [5, 5.41) is 0. The van der Waals surface area contributed by atoms with Gasteiger partial charge in [-0.15, -0.1) is 0 Å². The molecular weight excluding hydrogens is 332 g/mol. The molecule has 27 heavy (non-hydrogen) atoms. The lowest BCUT2D eigenvalue weighted by molar-refractivity contribution is -0.152. The minimum Gasteiger partial charge on any atom is -0.464 e. The maximum Gasteiger partial charge on any atom is 0.309 e. The van der Waals surface area contributed by atoms with Crippen LogP contribution in [0.4, 0.5) is 0 Å². The Morgan fingerprint density at radius 3 is 1.96 bits per heavy atom. The van der Waals surface area contributed by atoms with Crippen LogP contribution in [0.3, 0.4) is 0 Å². The van der Waals surface area contributed by atoms with Crippen LogP contribution in [-0.4, -0.2) is 12.6 Å². The van der Waals surface area contributed by atoms with Gasteiger partial charge < -0.3 is 4.74 Å². The molecular formula is C25H22O2. The summed E-state index contributed by atoms with van der Waals surface area (Å²) in [6.45, 7) is 0.421. The first-order chi connectivity index (χ1) is 13.3. The first-order valence-corrected chi connectivity index (χ1v) is 9.73. The van der Waals surface area contributed by atoms with Crippen molar-refractivity contribution in [2.45, 2.75) is 24.7 Å². The Balaban J connectivity index is 1.33. The van der Waals surface area contributed by atoms with Gasteiger partial charge in [-0.2, -0.15) is 0 Å². The smallest absolute Gasteiger partial charge is 0.309 e. The molecule has 5 rings (SSSR count). The minimum atomic E-state index is -0.0445. The van der Waals surface area contributed by atoms with Crippen LogP contribution in [0.25, 0.3) is 11.1 Å². The summed E-state index contributed by atoms with van der Waals surface area (Å²) in [6, 6.07) is 27.3. The Morgan fingerprint density at radius 1 is 0.778 bits per heavy atom. The fraction of sp³-hybridized carbons (Fsp3) is 0.240. The molecule has 0 saturated heterocycles. The van der Waals surface area contributed by atoms with Crippen molar-refractivity contribution in [3.05, 3.63) is 95.6 Å². The standard InChI is InChI=1S/C25H22O2/c26-25(23-15-14-18(23)17-8-2-1-3-9-17)27-16-24-21-12-6-4-10-19(21)20-11-5-7-13-22(20)24/h1-13,18,23-24H,14-16H2/t18-,23-/m1/s1. The molecule has 3 aromatic rings. The van der Waals surface area contributed by atoms with Crippen molar-refractivity contribution in [2.75, 3.05) is 6.61 Å². The average molecular weight is 354 g/mol. The van der Waals surface area contributed by atoms with Crippen LogP contribution in [-0.2, 0) is 9.53 Å². The van der Waals surface area contributed by atoms with Crippen LogP contribution in [0.5, 0.6) is 0 Å². The van der Waals surface area contributed by atoms with Gasteiger partial charge in [0, 0.05) is 5.92 Å². The van der Waals surface area contributed by atoms with Gasteiger partial charge in [-0.3, -0.25) is 4.79 Å². The Bertz CT molecular complexity index is 931. The summed E-state index contributed by atoms with van der Waals surface area (Å²) < 4.78 is 5.86. The summed E-state index contributed by atoms with van der Waals surface area (Å²) >= 11 is 0. The van der Waals surface area contributed by atoms with E-state index in [0.717, 1.165) is 12.8 Å². The number of benzene rings is 3. The van der Waals surface area contributed by atoms with Crippen molar-refractivity contribution < 1.29 is 9.53 Å². The third-order valence-corrected chi connectivity index (χ3v) is 6.16. The maximum atomic E-state index is 12.8. The Labute approximate surface area is 159 Å². The van der Waals surface area contributed by atoms with Crippen molar-refractivity contribution in [1.29, 1.82) is 0 Å². The highest BCUT2D eigenvalue weighted by molar-refractivity contribution is 5.79. The molecule has 2 aliphatic rings. The first-order valence-electron chi connectivity index (χ1n) is 9.73. The molecule has 134 valence electrons. The zero-order valence-electron chi connectivity index (χ0n) is 15.2. The summed E-state index contributed by atoms with van der Waals surface area (Å²) in [4.78, 5) is 12.8. The van der Waals surface area contributed by atoms with E-state index in [4.69, 9.17) is 4.74 Å². The number of rotatable bonds is 4. The van der Waals surface area contributed by atoms with Crippen LogP contribution in [0.1, 0.15) is 41.4 Å². The molecule has 2 heteroatoms. The third kappa shape index (κ3) is 2.76. The lowest BCUT2D eigenvalue weighted by Crippen LogP contribution is -2.33. The van der Waals surface area contributed by atoms with E-state index in [1.807, 2.05) is 18.2 Å². The van der Waals surface area contributed by atoms with E-state index in [9.17, 15) is 4.79 Å². The molecule has 0 heterocycles. The summed E-state index contributed by atoms with van der Waals surface area (Å²) in [5.74, 6) is 0.398. The van der Waals surface area contributed by atoms with Crippen molar-refractivity contribution in [3.8, 4) is 11.1 Å². The zero-order chi connectivity index (χ0) is 18.2. The quantitative estimate of drug-likeness (QED) is 0.575. The highest BCUT2D eigenvalue weighted by atomic mass is 16.5. The van der Waals surface area contributed by atoms with E-state index >= 15 is 0 Å². The molecule has 0 aromatic heterocycles. The highest BCUT2D eigenvalue weighted by Crippen LogP contribution is 2.46. The number of esters is 1. The summed E-state index contributed by atoms with van der Waals surface area (Å²) in [5.41, 5.74) is 6.31. The lowest BCUT2D eigenvalue weighted by atomic mass is 9.70. The number of carbonyl (C=O) groups excluding carboxylic acids is 1. The minimum absolute atomic E-state index is 0.000657. The van der Waals surface area contributed by atoms with Crippen LogP contribution in [0.15, 0.2) is 78.9 Å². The van der Waals surface area contributed by atoms with Crippen LogP contribution in [0, 0.1) is 5.92 Å². The van der Waals surface area contributed by atoms with E-state index in [-0.39, 0.29) is 17.8 Å². The van der Waals surface area contributed by atoms with Gasteiger partial charge in [0.1, 0.15) is 6.61 Å². The van der Waals surface area contributed by atoms with Crippen molar-refractivity contribution >= 4 is 5.97 Å². The fourth-order valence-corrected chi connectivity index (χ4v) is 4.59. The van der Waals surface area contributed by atoms with Crippen LogP contribution >= 0.6 is 0 Å². The molecule has 0 amide bonds. The van der Waals surface area contributed by atoms with E-state index in [1.54, 1.807) is 0 Å². The molecule has 0 unspecified atom stereocenters. The Morgan fingerprint density at radius 2 is 1.37 bits per heavy atom. The second-order valence-corrected chi connectivity index (χ2v) is 7.56. The van der Waals surface area contributed by atoms with Crippen LogP contribution in [0.2, 0.25) is 0 Å². The SMILES string of the molecule is O=C(OCC1c2ccccc2-c2ccccc21)[C@@H]1CC[C@@H]1c1ccccc1. The molecule has 2 nitrogen and oxygen atoms in total. The second-order valence-electron chi connectivity index (χ2n) is 7.56. The van der Waals surface area contributed by atoms with Gasteiger partial charge in [0.15, 0.2) is 0 Å². The van der Waals surface area contributed by atoms with E-state index in [2.05, 4.69) is 60.7 Å². The Hall–Kier alpha value is -2.87. The third-order valence-electron chi connectivity index (χ3n) is 6.16. The zero-order valence-corrected chi connectivity index (χ0v) is 15.2. The van der Waals surface area contributed by atoms with Gasteiger partial charge in [-0.25, -0.2) is 0 Å². The molecule has 1 fully saturated rings. The van der Waals surface area contributed by atoms with Crippen molar-refractivity contribution in [1.82, 2.24) is 0 Å². The fourth-order valence-electron chi connectivity index (χ4n) is 4.59. The van der Waals surface area contributed by atoms with Gasteiger partial charge in [0.2, 0.25) is 0 Å². The van der Waals surface area contributed by atoms with Crippen molar-refractivity contribution in [2.24, 2.45) is 5.92 Å². The topological polar surface area (TPSA) is 26.3 Å². The van der Waals surface area contributed by atoms with Gasteiger partial charge in [-0.05, 0) is 46.6 Å². The molecule has 0 radical (unpaired) electrons. The van der Waals surface area contributed by atoms with Gasteiger partial charge in [-0.1, -0.05) is 78.9 Å².